The van der Waals surface area contributed by atoms with Gasteiger partial charge >= 0.3 is 5.97 Å². The van der Waals surface area contributed by atoms with E-state index in [-0.39, 0.29) is 24.3 Å². The van der Waals surface area contributed by atoms with E-state index < -0.39 is 5.97 Å². The molecule has 1 aliphatic rings. The summed E-state index contributed by atoms with van der Waals surface area (Å²) in [6, 6.07) is 16.2. The number of aromatic carboxylic acids is 1. The molecule has 0 aliphatic carbocycles. The molecular weight excluding hydrogens is 400 g/mol. The highest BCUT2D eigenvalue weighted by atomic mass is 32.1. The van der Waals surface area contributed by atoms with Crippen LogP contribution in [0.2, 0.25) is 0 Å². The predicted octanol–water partition coefficient (Wildman–Crippen LogP) is 2.93. The van der Waals surface area contributed by atoms with Gasteiger partial charge in [-0.3, -0.25) is 4.98 Å². The number of carboxylic acids is 1. The molecule has 1 fully saturated rings. The Kier molecular flexibility index (Phi) is 5.78. The van der Waals surface area contributed by atoms with Gasteiger partial charge in [-0.05, 0) is 61.1 Å². The lowest BCUT2D eigenvalue weighted by Crippen LogP contribution is -2.31. The van der Waals surface area contributed by atoms with Crippen molar-refractivity contribution in [2.75, 3.05) is 13.2 Å². The van der Waals surface area contributed by atoms with E-state index >= 15 is 0 Å². The van der Waals surface area contributed by atoms with E-state index in [1.54, 1.807) is 24.4 Å². The lowest BCUT2D eigenvalue weighted by Gasteiger charge is -2.28. The molecule has 3 N–H and O–H groups in total. The molecule has 3 heterocycles. The Labute approximate surface area is 179 Å². The summed E-state index contributed by atoms with van der Waals surface area (Å²) in [4.78, 5) is 18.0. The maximum absolute atomic E-state index is 11.4. The van der Waals surface area contributed by atoms with Gasteiger partial charge in [0, 0.05) is 36.9 Å². The van der Waals surface area contributed by atoms with Gasteiger partial charge in [-0.2, -0.15) is 0 Å². The molecule has 0 bridgehead atoms. The number of carbonyl (C=O) groups is 1. The second kappa shape index (κ2) is 8.64. The number of nitrogens with zero attached hydrogens (tertiary/aromatic N) is 3. The quantitative estimate of drug-likeness (QED) is 0.504. The van der Waals surface area contributed by atoms with E-state index in [0.717, 1.165) is 17.1 Å². The molecular formula is C22H22N4O3S. The Bertz CT molecular complexity index is 1050. The highest BCUT2D eigenvalue weighted by molar-refractivity contribution is 7.80. The van der Waals surface area contributed by atoms with E-state index in [1.807, 2.05) is 47.2 Å². The largest absolute Gasteiger partial charge is 0.478 e. The van der Waals surface area contributed by atoms with Crippen molar-refractivity contribution in [3.05, 3.63) is 83.9 Å². The van der Waals surface area contributed by atoms with Gasteiger partial charge in [0.2, 0.25) is 0 Å². The molecule has 2 atom stereocenters. The number of benzene rings is 1. The van der Waals surface area contributed by atoms with Crippen LogP contribution in [0.5, 0.6) is 0 Å². The first kappa shape index (κ1) is 20.1. The molecule has 1 aliphatic heterocycles. The summed E-state index contributed by atoms with van der Waals surface area (Å²) in [7, 11) is 0. The minimum Gasteiger partial charge on any atom is -0.478 e. The molecule has 3 aromatic rings. The minimum atomic E-state index is -0.967. The lowest BCUT2D eigenvalue weighted by atomic mass is 10.0. The molecule has 4 rings (SSSR count). The number of nitrogens with one attached hydrogen (secondary N) is 1. The van der Waals surface area contributed by atoms with Crippen LogP contribution >= 0.6 is 12.2 Å². The third kappa shape index (κ3) is 3.79. The van der Waals surface area contributed by atoms with Gasteiger partial charge in [0.1, 0.15) is 0 Å². The van der Waals surface area contributed by atoms with Gasteiger partial charge in [-0.15, -0.1) is 0 Å². The van der Waals surface area contributed by atoms with Crippen LogP contribution < -0.4 is 5.32 Å². The smallest absolute Gasteiger partial charge is 0.335 e. The van der Waals surface area contributed by atoms with Crippen molar-refractivity contribution >= 4 is 23.3 Å². The predicted molar refractivity (Wildman–Crippen MR) is 117 cm³/mol. The van der Waals surface area contributed by atoms with Gasteiger partial charge in [-0.25, -0.2) is 4.79 Å². The summed E-state index contributed by atoms with van der Waals surface area (Å²) in [5.41, 5.74) is 2.81. The van der Waals surface area contributed by atoms with Crippen molar-refractivity contribution in [1.29, 1.82) is 0 Å². The number of rotatable bonds is 7. The Morgan fingerprint density at radius 1 is 1.17 bits per heavy atom. The van der Waals surface area contributed by atoms with Crippen LogP contribution in [0, 0.1) is 0 Å². The topological polar surface area (TPSA) is 90.6 Å². The van der Waals surface area contributed by atoms with Crippen LogP contribution in [0.4, 0.5) is 0 Å². The molecule has 8 heteroatoms. The van der Waals surface area contributed by atoms with Crippen LogP contribution in [0.15, 0.2) is 67.0 Å². The lowest BCUT2D eigenvalue weighted by molar-refractivity contribution is 0.0697. The van der Waals surface area contributed by atoms with E-state index in [1.165, 1.54) is 0 Å². The van der Waals surface area contributed by atoms with E-state index in [0.29, 0.717) is 18.1 Å². The number of pyridine rings is 1. The molecule has 154 valence electrons. The average molecular weight is 423 g/mol. The number of thiocarbonyl (C=S) groups is 1. The molecule has 0 spiro atoms. The summed E-state index contributed by atoms with van der Waals surface area (Å²) < 4.78 is 1.98. The number of hydrogen-bond acceptors (Lipinski definition) is 4. The summed E-state index contributed by atoms with van der Waals surface area (Å²) in [5.74, 6) is -0.967. The molecule has 1 aromatic carbocycles. The Balaban J connectivity index is 1.79. The van der Waals surface area contributed by atoms with Crippen LogP contribution in [0.1, 0.15) is 40.3 Å². The fraction of sp³-hybridized carbons (Fsp3) is 0.227. The SMILES string of the molecule is O=C(O)c1cccc(-n2cccc2[C@@H]2[C@@H](c3ccccn3)NC(=S)N2CCCO)c1. The zero-order chi connectivity index (χ0) is 21.1. The van der Waals surface area contributed by atoms with E-state index in [9.17, 15) is 15.0 Å². The Morgan fingerprint density at radius 2 is 2.03 bits per heavy atom. The first-order valence-electron chi connectivity index (χ1n) is 9.70. The van der Waals surface area contributed by atoms with Crippen molar-refractivity contribution in [2.45, 2.75) is 18.5 Å². The van der Waals surface area contributed by atoms with Crippen LogP contribution in [-0.4, -0.2) is 48.9 Å². The Morgan fingerprint density at radius 3 is 2.77 bits per heavy atom. The third-order valence-corrected chi connectivity index (χ3v) is 5.56. The number of carboxylic acid groups (broad SMARTS) is 1. The number of hydrogen-bond donors (Lipinski definition) is 3. The first-order chi connectivity index (χ1) is 14.6. The highest BCUT2D eigenvalue weighted by Crippen LogP contribution is 2.39. The fourth-order valence-electron chi connectivity index (χ4n) is 3.87. The molecule has 30 heavy (non-hydrogen) atoms. The van der Waals surface area contributed by atoms with Crippen molar-refractivity contribution in [3.8, 4) is 5.69 Å². The van der Waals surface area contributed by atoms with Crippen molar-refractivity contribution in [1.82, 2.24) is 19.8 Å². The Hall–Kier alpha value is -3.23. The second-order valence-electron chi connectivity index (χ2n) is 7.06. The van der Waals surface area contributed by atoms with Crippen LogP contribution in [0.3, 0.4) is 0 Å². The van der Waals surface area contributed by atoms with Crippen LogP contribution in [0.25, 0.3) is 5.69 Å². The van der Waals surface area contributed by atoms with Crippen molar-refractivity contribution < 1.29 is 15.0 Å². The average Bonchev–Trinajstić information content (AvgIpc) is 3.37. The molecule has 0 unspecified atom stereocenters. The molecule has 0 saturated carbocycles. The fourth-order valence-corrected chi connectivity index (χ4v) is 4.20. The molecule has 7 nitrogen and oxygen atoms in total. The number of aliphatic hydroxyl groups excluding tert-OH is 1. The molecule has 2 aromatic heterocycles. The zero-order valence-electron chi connectivity index (χ0n) is 16.2. The molecule has 1 saturated heterocycles. The monoisotopic (exact) mass is 422 g/mol. The summed E-state index contributed by atoms with van der Waals surface area (Å²) >= 11 is 5.62. The van der Waals surface area contributed by atoms with Crippen molar-refractivity contribution in [3.63, 3.8) is 0 Å². The zero-order valence-corrected chi connectivity index (χ0v) is 17.0. The first-order valence-corrected chi connectivity index (χ1v) is 10.1. The minimum absolute atomic E-state index is 0.0712. The second-order valence-corrected chi connectivity index (χ2v) is 7.44. The highest BCUT2D eigenvalue weighted by Gasteiger charge is 2.40. The van der Waals surface area contributed by atoms with Gasteiger partial charge < -0.3 is 25.0 Å². The van der Waals surface area contributed by atoms with Gasteiger partial charge in [-0.1, -0.05) is 12.1 Å². The summed E-state index contributed by atoms with van der Waals surface area (Å²) in [6.07, 6.45) is 4.25. The summed E-state index contributed by atoms with van der Waals surface area (Å²) in [6.45, 7) is 0.665. The van der Waals surface area contributed by atoms with E-state index in [4.69, 9.17) is 12.2 Å². The standard InChI is InChI=1S/C22H22N4O3S/c27-13-5-12-26-20(19(24-22(26)30)17-8-1-2-10-23-17)18-9-4-11-25(18)16-7-3-6-15(14-16)21(28)29/h1-4,6-11,14,19-20,27H,5,12-13H2,(H,24,30)(H,28,29)/t19-,20-/m1/s1. The summed E-state index contributed by atoms with van der Waals surface area (Å²) in [5, 5.41) is 22.7. The number of aromatic nitrogens is 2. The maximum Gasteiger partial charge on any atom is 0.335 e. The molecule has 0 radical (unpaired) electrons. The normalized spacial score (nSPS) is 18.4. The van der Waals surface area contributed by atoms with Gasteiger partial charge in [0.05, 0.1) is 23.3 Å². The molecule has 0 amide bonds. The number of aliphatic hydroxyl groups is 1. The van der Waals surface area contributed by atoms with Gasteiger partial charge in [0.15, 0.2) is 5.11 Å². The van der Waals surface area contributed by atoms with Gasteiger partial charge in [0.25, 0.3) is 0 Å². The van der Waals surface area contributed by atoms with Crippen molar-refractivity contribution in [2.24, 2.45) is 0 Å². The third-order valence-electron chi connectivity index (χ3n) is 5.21. The van der Waals surface area contributed by atoms with Crippen LogP contribution in [-0.2, 0) is 0 Å². The maximum atomic E-state index is 11.4. The van der Waals surface area contributed by atoms with E-state index in [2.05, 4.69) is 15.2 Å².